The molecule has 0 unspecified atom stereocenters. The highest BCUT2D eigenvalue weighted by Gasteiger charge is 1.81. The summed E-state index contributed by atoms with van der Waals surface area (Å²) in [6, 6.07) is 3.69. The van der Waals surface area contributed by atoms with Crippen molar-refractivity contribution < 1.29 is 4.74 Å². The van der Waals surface area contributed by atoms with Gasteiger partial charge in [0.2, 0.25) is 0 Å². The maximum atomic E-state index is 5.38. The van der Waals surface area contributed by atoms with Crippen molar-refractivity contribution in [1.82, 2.24) is 4.98 Å². The zero-order valence-corrected chi connectivity index (χ0v) is 9.63. The molecule has 1 aromatic heterocycles. The van der Waals surface area contributed by atoms with E-state index in [4.69, 9.17) is 16.3 Å². The van der Waals surface area contributed by atoms with E-state index in [9.17, 15) is 0 Å². The molecular formula is C11H18ClNO. The minimum atomic E-state index is 0.799. The van der Waals surface area contributed by atoms with Gasteiger partial charge in [-0.1, -0.05) is 19.8 Å². The van der Waals surface area contributed by atoms with Gasteiger partial charge < -0.3 is 4.74 Å². The van der Waals surface area contributed by atoms with Crippen LogP contribution >= 0.6 is 11.6 Å². The lowest BCUT2D eigenvalue weighted by Gasteiger charge is -1.93. The topological polar surface area (TPSA) is 22.1 Å². The summed E-state index contributed by atoms with van der Waals surface area (Å²) in [5.74, 6) is 1.63. The number of hydrogen-bond donors (Lipinski definition) is 0. The molecule has 0 aliphatic heterocycles. The van der Waals surface area contributed by atoms with Crippen LogP contribution in [0, 0.1) is 0 Å². The molecule has 1 aromatic rings. The van der Waals surface area contributed by atoms with Gasteiger partial charge in [0, 0.05) is 12.1 Å². The average Bonchev–Trinajstić information content (AvgIpc) is 2.28. The first-order chi connectivity index (χ1) is 6.85. The second-order valence-electron chi connectivity index (χ2n) is 2.79. The fourth-order valence-electron chi connectivity index (χ4n) is 0.812. The van der Waals surface area contributed by atoms with Crippen LogP contribution in [0.4, 0.5) is 0 Å². The van der Waals surface area contributed by atoms with E-state index in [1.54, 1.807) is 19.5 Å². The lowest BCUT2D eigenvalue weighted by Crippen LogP contribution is -1.80. The Kier molecular flexibility index (Phi) is 9.76. The van der Waals surface area contributed by atoms with E-state index in [-0.39, 0.29) is 0 Å². The predicted octanol–water partition coefficient (Wildman–Crippen LogP) is 3.51. The third kappa shape index (κ3) is 7.87. The largest absolute Gasteiger partial charge is 0.495 e. The average molecular weight is 216 g/mol. The molecule has 2 nitrogen and oxygen atoms in total. The number of halogens is 1. The fourth-order valence-corrected chi connectivity index (χ4v) is 1.00. The number of nitrogens with zero attached hydrogens (tertiary/aromatic N) is 1. The summed E-state index contributed by atoms with van der Waals surface area (Å²) in [6.45, 7) is 2.17. The van der Waals surface area contributed by atoms with Crippen molar-refractivity contribution in [3.63, 3.8) is 0 Å². The van der Waals surface area contributed by atoms with Crippen LogP contribution in [-0.4, -0.2) is 18.0 Å². The summed E-state index contributed by atoms with van der Waals surface area (Å²) in [4.78, 5) is 3.83. The molecule has 0 aliphatic rings. The number of alkyl halides is 1. The van der Waals surface area contributed by atoms with Gasteiger partial charge in [0.1, 0.15) is 5.75 Å². The van der Waals surface area contributed by atoms with Crippen molar-refractivity contribution in [2.75, 3.05) is 13.0 Å². The number of unbranched alkanes of at least 4 members (excludes halogenated alkanes) is 2. The van der Waals surface area contributed by atoms with Gasteiger partial charge in [-0.05, 0) is 18.6 Å². The van der Waals surface area contributed by atoms with E-state index >= 15 is 0 Å². The summed E-state index contributed by atoms with van der Waals surface area (Å²) >= 11 is 5.38. The van der Waals surface area contributed by atoms with Gasteiger partial charge in [0.25, 0.3) is 0 Å². The zero-order chi connectivity index (χ0) is 10.6. The van der Waals surface area contributed by atoms with Crippen molar-refractivity contribution in [1.29, 1.82) is 0 Å². The van der Waals surface area contributed by atoms with E-state index in [0.717, 1.165) is 11.6 Å². The van der Waals surface area contributed by atoms with Crippen molar-refractivity contribution in [3.8, 4) is 5.75 Å². The second kappa shape index (κ2) is 10.3. The third-order valence-electron chi connectivity index (χ3n) is 1.61. The molecule has 0 spiro atoms. The Balaban J connectivity index is 0.000000255. The van der Waals surface area contributed by atoms with Gasteiger partial charge in [0.15, 0.2) is 0 Å². The highest BCUT2D eigenvalue weighted by Crippen LogP contribution is 2.02. The first-order valence-electron chi connectivity index (χ1n) is 4.85. The Bertz CT molecular complexity index is 200. The van der Waals surface area contributed by atoms with Gasteiger partial charge in [0.05, 0.1) is 13.3 Å². The van der Waals surface area contributed by atoms with Gasteiger partial charge in [-0.3, -0.25) is 4.98 Å². The maximum Gasteiger partial charge on any atom is 0.137 e. The van der Waals surface area contributed by atoms with E-state index in [1.165, 1.54) is 19.3 Å². The first-order valence-corrected chi connectivity index (χ1v) is 5.38. The Morgan fingerprint density at radius 3 is 2.50 bits per heavy atom. The summed E-state index contributed by atoms with van der Waals surface area (Å²) < 4.78 is 4.85. The second-order valence-corrected chi connectivity index (χ2v) is 3.17. The minimum absolute atomic E-state index is 0.799. The molecule has 0 aliphatic carbocycles. The molecular weight excluding hydrogens is 198 g/mol. The standard InChI is InChI=1S/C6H7NO.C5H11Cl/c1-8-6-3-2-4-7-5-6;1-2-3-4-5-6/h2-5H,1H3;2-5H2,1H3. The molecule has 0 aromatic carbocycles. The summed E-state index contributed by atoms with van der Waals surface area (Å²) in [5, 5.41) is 0. The van der Waals surface area contributed by atoms with Crippen molar-refractivity contribution >= 4 is 11.6 Å². The lowest BCUT2D eigenvalue weighted by molar-refractivity contribution is 0.413. The van der Waals surface area contributed by atoms with E-state index in [1.807, 2.05) is 12.1 Å². The van der Waals surface area contributed by atoms with Crippen LogP contribution in [0.5, 0.6) is 5.75 Å². The number of ether oxygens (including phenoxy) is 1. The molecule has 1 rings (SSSR count). The van der Waals surface area contributed by atoms with Crippen molar-refractivity contribution in [2.45, 2.75) is 26.2 Å². The van der Waals surface area contributed by atoms with Gasteiger partial charge >= 0.3 is 0 Å². The fraction of sp³-hybridized carbons (Fsp3) is 0.545. The Morgan fingerprint density at radius 1 is 1.43 bits per heavy atom. The number of rotatable bonds is 4. The van der Waals surface area contributed by atoms with Crippen LogP contribution in [0.2, 0.25) is 0 Å². The number of aromatic nitrogens is 1. The van der Waals surface area contributed by atoms with E-state index in [2.05, 4.69) is 11.9 Å². The highest BCUT2D eigenvalue weighted by molar-refractivity contribution is 6.17. The molecule has 0 N–H and O–H groups in total. The van der Waals surface area contributed by atoms with Crippen LogP contribution in [0.25, 0.3) is 0 Å². The Labute approximate surface area is 91.3 Å². The first kappa shape index (κ1) is 13.2. The smallest absolute Gasteiger partial charge is 0.137 e. The Morgan fingerprint density at radius 2 is 2.21 bits per heavy atom. The van der Waals surface area contributed by atoms with Crippen LogP contribution in [0.1, 0.15) is 26.2 Å². The zero-order valence-electron chi connectivity index (χ0n) is 8.87. The van der Waals surface area contributed by atoms with Gasteiger partial charge in [-0.2, -0.15) is 0 Å². The SMILES string of the molecule is CCCCCCl.COc1cccnc1. The van der Waals surface area contributed by atoms with Gasteiger partial charge in [-0.15, -0.1) is 11.6 Å². The molecule has 14 heavy (non-hydrogen) atoms. The Hall–Kier alpha value is -0.760. The quantitative estimate of drug-likeness (QED) is 0.567. The lowest BCUT2D eigenvalue weighted by atomic mass is 10.3. The van der Waals surface area contributed by atoms with Crippen LogP contribution in [-0.2, 0) is 0 Å². The summed E-state index contributed by atoms with van der Waals surface area (Å²) in [5.41, 5.74) is 0. The monoisotopic (exact) mass is 215 g/mol. The predicted molar refractivity (Wildman–Crippen MR) is 61.0 cm³/mol. The molecule has 0 bridgehead atoms. The number of methoxy groups -OCH3 is 1. The molecule has 80 valence electrons. The number of pyridine rings is 1. The van der Waals surface area contributed by atoms with E-state index < -0.39 is 0 Å². The van der Waals surface area contributed by atoms with Crippen LogP contribution < -0.4 is 4.74 Å². The molecule has 0 saturated carbocycles. The molecule has 0 atom stereocenters. The van der Waals surface area contributed by atoms with Crippen LogP contribution in [0.3, 0.4) is 0 Å². The summed E-state index contributed by atoms with van der Waals surface area (Å²) in [7, 11) is 1.62. The van der Waals surface area contributed by atoms with Crippen molar-refractivity contribution in [3.05, 3.63) is 24.5 Å². The maximum absolute atomic E-state index is 5.38. The molecule has 0 radical (unpaired) electrons. The molecule has 1 heterocycles. The number of hydrogen-bond acceptors (Lipinski definition) is 2. The van der Waals surface area contributed by atoms with E-state index in [0.29, 0.717) is 0 Å². The summed E-state index contributed by atoms with van der Waals surface area (Å²) in [6.07, 6.45) is 7.11. The minimum Gasteiger partial charge on any atom is -0.495 e. The molecule has 0 fully saturated rings. The van der Waals surface area contributed by atoms with Crippen molar-refractivity contribution in [2.24, 2.45) is 0 Å². The molecule has 0 amide bonds. The third-order valence-corrected chi connectivity index (χ3v) is 1.87. The van der Waals surface area contributed by atoms with Crippen LogP contribution in [0.15, 0.2) is 24.5 Å². The van der Waals surface area contributed by atoms with Gasteiger partial charge in [-0.25, -0.2) is 0 Å². The molecule has 0 saturated heterocycles. The normalized spacial score (nSPS) is 8.79. The highest BCUT2D eigenvalue weighted by atomic mass is 35.5. The molecule has 3 heteroatoms.